The van der Waals surface area contributed by atoms with Crippen LogP contribution in [0.4, 0.5) is 11.4 Å². The van der Waals surface area contributed by atoms with Crippen molar-refractivity contribution in [1.82, 2.24) is 4.90 Å². The van der Waals surface area contributed by atoms with Gasteiger partial charge in [-0.25, -0.2) is 0 Å². The van der Waals surface area contributed by atoms with Crippen molar-refractivity contribution in [3.05, 3.63) is 89.0 Å². The van der Waals surface area contributed by atoms with Gasteiger partial charge >= 0.3 is 0 Å². The highest BCUT2D eigenvalue weighted by Crippen LogP contribution is 2.68. The number of rotatable bonds is 4. The molecule has 2 saturated heterocycles. The van der Waals surface area contributed by atoms with E-state index in [0.29, 0.717) is 41.4 Å². The molecule has 4 heterocycles. The number of hydrogen-bond donors (Lipinski definition) is 2. The third-order valence-corrected chi connectivity index (χ3v) is 8.99. The fourth-order valence-electron chi connectivity index (χ4n) is 7.81. The lowest BCUT2D eigenvalue weighted by molar-refractivity contribution is -0.137. The SMILES string of the molecule is CCOc1ccccc1C(=O)[C@H]1[C@H]2CCCN2[C@@]2(C(=O)Nc3ccc(C)cc32)[C@]12C(=O)Nc1ccccc12. The molecular weight excluding hydrogens is 478 g/mol. The fraction of sp³-hybridized carbons (Fsp3) is 0.323. The molecule has 0 unspecified atom stereocenters. The molecule has 2 N–H and O–H groups in total. The van der Waals surface area contributed by atoms with Gasteiger partial charge in [0.2, 0.25) is 5.91 Å². The van der Waals surface area contributed by atoms with Crippen molar-refractivity contribution >= 4 is 29.0 Å². The van der Waals surface area contributed by atoms with E-state index in [2.05, 4.69) is 15.5 Å². The Morgan fingerprint density at radius 3 is 2.55 bits per heavy atom. The first-order chi connectivity index (χ1) is 18.5. The van der Waals surface area contributed by atoms with Crippen molar-refractivity contribution < 1.29 is 19.1 Å². The Labute approximate surface area is 221 Å². The van der Waals surface area contributed by atoms with Crippen LogP contribution in [0.2, 0.25) is 0 Å². The quantitative estimate of drug-likeness (QED) is 0.511. The second kappa shape index (κ2) is 8.01. The van der Waals surface area contributed by atoms with Gasteiger partial charge in [0, 0.05) is 23.0 Å². The summed E-state index contributed by atoms with van der Waals surface area (Å²) in [6.45, 7) is 4.91. The molecule has 0 saturated carbocycles. The first kappa shape index (κ1) is 23.2. The van der Waals surface area contributed by atoms with Crippen LogP contribution in [0.15, 0.2) is 66.7 Å². The molecule has 2 fully saturated rings. The molecule has 7 nitrogen and oxygen atoms in total. The highest BCUT2D eigenvalue weighted by Gasteiger charge is 2.81. The average molecular weight is 508 g/mol. The number of hydrogen-bond acceptors (Lipinski definition) is 5. The molecule has 192 valence electrons. The van der Waals surface area contributed by atoms with Crippen LogP contribution in [-0.2, 0) is 20.5 Å². The lowest BCUT2D eigenvalue weighted by atomic mass is 9.57. The van der Waals surface area contributed by atoms with Gasteiger partial charge in [-0.15, -0.1) is 0 Å². The number of ether oxygens (including phenoxy) is 1. The van der Waals surface area contributed by atoms with Crippen LogP contribution in [0, 0.1) is 12.8 Å². The van der Waals surface area contributed by atoms with E-state index in [1.165, 1.54) is 0 Å². The molecule has 2 spiro atoms. The van der Waals surface area contributed by atoms with Gasteiger partial charge < -0.3 is 15.4 Å². The number of nitrogens with one attached hydrogen (secondary N) is 2. The largest absolute Gasteiger partial charge is 0.493 e. The van der Waals surface area contributed by atoms with Gasteiger partial charge in [-0.1, -0.05) is 48.0 Å². The van der Waals surface area contributed by atoms with Crippen molar-refractivity contribution in [2.24, 2.45) is 5.92 Å². The Hall–Kier alpha value is -3.97. The zero-order chi connectivity index (χ0) is 26.2. The molecule has 4 aliphatic heterocycles. The topological polar surface area (TPSA) is 87.7 Å². The maximum Gasteiger partial charge on any atom is 0.251 e. The average Bonchev–Trinajstić information content (AvgIpc) is 3.63. The van der Waals surface area contributed by atoms with Gasteiger partial charge in [-0.3, -0.25) is 19.3 Å². The Morgan fingerprint density at radius 1 is 0.974 bits per heavy atom. The van der Waals surface area contributed by atoms with E-state index < -0.39 is 16.9 Å². The summed E-state index contributed by atoms with van der Waals surface area (Å²) in [5, 5.41) is 6.19. The zero-order valence-corrected chi connectivity index (χ0v) is 21.4. The summed E-state index contributed by atoms with van der Waals surface area (Å²) in [7, 11) is 0. The number of nitrogens with zero attached hydrogens (tertiary/aromatic N) is 1. The molecule has 4 aliphatic rings. The van der Waals surface area contributed by atoms with E-state index >= 15 is 0 Å². The van der Waals surface area contributed by atoms with Gasteiger partial charge in [0.1, 0.15) is 16.7 Å². The number of amides is 2. The van der Waals surface area contributed by atoms with E-state index in [1.54, 1.807) is 12.1 Å². The Balaban J connectivity index is 1.58. The Morgan fingerprint density at radius 2 is 1.71 bits per heavy atom. The number of carbonyl (C=O) groups excluding carboxylic acids is 3. The maximum atomic E-state index is 14.8. The summed E-state index contributed by atoms with van der Waals surface area (Å²) in [4.78, 5) is 46.0. The second-order valence-electron chi connectivity index (χ2n) is 10.7. The number of para-hydroxylation sites is 2. The summed E-state index contributed by atoms with van der Waals surface area (Å²) in [5.41, 5.74) is 1.47. The molecule has 0 bridgehead atoms. The highest BCUT2D eigenvalue weighted by molar-refractivity contribution is 6.21. The minimum absolute atomic E-state index is 0.163. The lowest BCUT2D eigenvalue weighted by Gasteiger charge is -2.43. The van der Waals surface area contributed by atoms with E-state index in [9.17, 15) is 14.4 Å². The van der Waals surface area contributed by atoms with Crippen LogP contribution in [0.25, 0.3) is 0 Å². The van der Waals surface area contributed by atoms with Crippen LogP contribution in [-0.4, -0.2) is 41.7 Å². The zero-order valence-electron chi connectivity index (χ0n) is 21.4. The second-order valence-corrected chi connectivity index (χ2v) is 10.7. The molecule has 38 heavy (non-hydrogen) atoms. The molecule has 3 aromatic carbocycles. The van der Waals surface area contributed by atoms with Gasteiger partial charge in [0.05, 0.1) is 18.1 Å². The maximum absolute atomic E-state index is 14.8. The van der Waals surface area contributed by atoms with Crippen LogP contribution >= 0.6 is 0 Å². The molecule has 0 aliphatic carbocycles. The molecule has 2 amide bonds. The van der Waals surface area contributed by atoms with Crippen molar-refractivity contribution in [3.63, 3.8) is 0 Å². The molecule has 7 heteroatoms. The van der Waals surface area contributed by atoms with Gasteiger partial charge in [0.15, 0.2) is 5.78 Å². The third-order valence-electron chi connectivity index (χ3n) is 8.99. The van der Waals surface area contributed by atoms with Crippen LogP contribution < -0.4 is 15.4 Å². The van der Waals surface area contributed by atoms with Crippen molar-refractivity contribution in [1.29, 1.82) is 0 Å². The van der Waals surface area contributed by atoms with E-state index in [1.807, 2.05) is 68.4 Å². The smallest absolute Gasteiger partial charge is 0.251 e. The van der Waals surface area contributed by atoms with Crippen LogP contribution in [0.1, 0.15) is 46.8 Å². The summed E-state index contributed by atoms with van der Waals surface area (Å²) in [6.07, 6.45) is 1.57. The van der Waals surface area contributed by atoms with E-state index in [-0.39, 0.29) is 23.6 Å². The number of Topliss-reactive ketones (excluding diaryl/α,β-unsaturated/α-hetero) is 1. The van der Waals surface area contributed by atoms with E-state index in [0.717, 1.165) is 24.0 Å². The predicted molar refractivity (Wildman–Crippen MR) is 143 cm³/mol. The summed E-state index contributed by atoms with van der Waals surface area (Å²) in [6, 6.07) is 20.4. The highest BCUT2D eigenvalue weighted by atomic mass is 16.5. The summed E-state index contributed by atoms with van der Waals surface area (Å²) < 4.78 is 5.87. The number of fused-ring (bicyclic) bond motifs is 7. The number of carbonyl (C=O) groups is 3. The fourth-order valence-corrected chi connectivity index (χ4v) is 7.81. The Bertz CT molecular complexity index is 1530. The Kier molecular flexibility index (Phi) is 4.89. The monoisotopic (exact) mass is 507 g/mol. The first-order valence-corrected chi connectivity index (χ1v) is 13.3. The van der Waals surface area contributed by atoms with Gasteiger partial charge in [-0.2, -0.15) is 0 Å². The normalized spacial score (nSPS) is 28.8. The predicted octanol–water partition coefficient (Wildman–Crippen LogP) is 4.41. The molecule has 7 rings (SSSR count). The van der Waals surface area contributed by atoms with Crippen molar-refractivity contribution in [2.45, 2.75) is 43.7 Å². The lowest BCUT2D eigenvalue weighted by Crippen LogP contribution is -2.62. The molecule has 4 atom stereocenters. The number of ketones is 1. The number of benzene rings is 3. The molecular formula is C31H29N3O4. The first-order valence-electron chi connectivity index (χ1n) is 13.3. The minimum Gasteiger partial charge on any atom is -0.493 e. The number of aryl methyl sites for hydroxylation is 1. The van der Waals surface area contributed by atoms with Crippen molar-refractivity contribution in [3.8, 4) is 5.75 Å². The molecule has 3 aromatic rings. The minimum atomic E-state index is -1.45. The van der Waals surface area contributed by atoms with Gasteiger partial charge in [0.25, 0.3) is 5.91 Å². The summed E-state index contributed by atoms with van der Waals surface area (Å²) in [5.74, 6) is -0.995. The van der Waals surface area contributed by atoms with Crippen LogP contribution in [0.5, 0.6) is 5.75 Å². The molecule has 0 radical (unpaired) electrons. The standard InChI is InChI=1S/C31H29N3O4/c1-3-38-25-13-7-4-9-19(25)27(35)26-24-12-8-16-34(24)31(21-17-18(2)14-15-23(21)33-29(31)37)30(26)20-10-5-6-11-22(20)32-28(30)36/h4-7,9-11,13-15,17,24,26H,3,8,12,16H2,1-2H3,(H,32,36)(H,33,37)/t24-,26-,30+,31+/m1/s1. The number of anilines is 2. The van der Waals surface area contributed by atoms with Gasteiger partial charge in [-0.05, 0) is 63.1 Å². The summed E-state index contributed by atoms with van der Waals surface area (Å²) >= 11 is 0. The van der Waals surface area contributed by atoms with Crippen molar-refractivity contribution in [2.75, 3.05) is 23.8 Å². The third kappa shape index (κ3) is 2.59. The molecule has 0 aromatic heterocycles. The van der Waals surface area contributed by atoms with Crippen LogP contribution in [0.3, 0.4) is 0 Å². The van der Waals surface area contributed by atoms with E-state index in [4.69, 9.17) is 4.74 Å².